The fourth-order valence-electron chi connectivity index (χ4n) is 7.62. The minimum Gasteiger partial charge on any atom is -0.465 e. The van der Waals surface area contributed by atoms with E-state index < -0.39 is 70.5 Å². The number of carbonyl (C=O) groups excluding carboxylic acids is 5. The second-order valence-electron chi connectivity index (χ2n) is 12.4. The topological polar surface area (TPSA) is 144 Å². The van der Waals surface area contributed by atoms with Crippen LogP contribution in [0.3, 0.4) is 0 Å². The number of ether oxygens (including phenoxy) is 6. The van der Waals surface area contributed by atoms with Crippen molar-refractivity contribution in [1.29, 1.82) is 0 Å². The highest BCUT2D eigenvalue weighted by atomic mass is 16.6. The number of allylic oxidation sites excluding steroid dienone is 1. The molecule has 2 heterocycles. The van der Waals surface area contributed by atoms with E-state index in [1.165, 1.54) is 26.8 Å². The van der Waals surface area contributed by atoms with E-state index in [1.54, 1.807) is 19.9 Å². The van der Waals surface area contributed by atoms with Crippen molar-refractivity contribution in [2.45, 2.75) is 98.1 Å². The third kappa shape index (κ3) is 5.72. The molecule has 3 fully saturated rings. The Bertz CT molecular complexity index is 1200. The molecule has 11 heteroatoms. The standard InChI is InChI=1S/C31H42O11/c1-8-17(2)28(36)42-23-9-10-30(15-39-30)31(16-38-19(4)32)25(41-21(6)34)11-18(3)29(7,27(23)31)13-24(40-20(5)33)22-12-26(35)37-14-22/h8,12,18,23-25,27H,9-11,13-16H2,1-7H3/b17-8+/t18-,23-,24+,25+,27-,29+,30?,31-/m1/s1. The van der Waals surface area contributed by atoms with Crippen LogP contribution in [0.2, 0.25) is 0 Å². The van der Waals surface area contributed by atoms with E-state index in [1.807, 2.05) is 13.8 Å². The second-order valence-corrected chi connectivity index (χ2v) is 12.4. The van der Waals surface area contributed by atoms with Crippen LogP contribution in [0.25, 0.3) is 0 Å². The number of fused-ring (bicyclic) bond motifs is 2. The minimum atomic E-state index is -1.07. The smallest absolute Gasteiger partial charge is 0.333 e. The van der Waals surface area contributed by atoms with E-state index in [4.69, 9.17) is 28.4 Å². The van der Waals surface area contributed by atoms with Crippen LogP contribution >= 0.6 is 0 Å². The number of rotatable bonds is 9. The van der Waals surface area contributed by atoms with Gasteiger partial charge in [-0.2, -0.15) is 0 Å². The lowest BCUT2D eigenvalue weighted by molar-refractivity contribution is -0.258. The lowest BCUT2D eigenvalue weighted by Crippen LogP contribution is -2.71. The minimum absolute atomic E-state index is 0.00742. The van der Waals surface area contributed by atoms with Gasteiger partial charge in [-0.15, -0.1) is 0 Å². The molecule has 4 rings (SSSR count). The number of carbonyl (C=O) groups is 5. The van der Waals surface area contributed by atoms with Crippen LogP contribution in [0, 0.1) is 22.7 Å². The van der Waals surface area contributed by atoms with Gasteiger partial charge in [0.15, 0.2) is 0 Å². The van der Waals surface area contributed by atoms with Gasteiger partial charge in [0, 0.05) is 43.9 Å². The Balaban J connectivity index is 1.90. The van der Waals surface area contributed by atoms with Gasteiger partial charge in [-0.3, -0.25) is 14.4 Å². The van der Waals surface area contributed by atoms with Crippen molar-refractivity contribution in [1.82, 2.24) is 0 Å². The zero-order valence-corrected chi connectivity index (χ0v) is 25.5. The largest absolute Gasteiger partial charge is 0.465 e. The van der Waals surface area contributed by atoms with E-state index in [9.17, 15) is 24.0 Å². The summed E-state index contributed by atoms with van der Waals surface area (Å²) < 4.78 is 35.1. The first-order valence-electron chi connectivity index (χ1n) is 14.5. The van der Waals surface area contributed by atoms with Gasteiger partial charge in [0.1, 0.15) is 37.1 Å². The quantitative estimate of drug-likeness (QED) is 0.169. The van der Waals surface area contributed by atoms with Crippen LogP contribution in [0.5, 0.6) is 0 Å². The molecule has 0 bridgehead atoms. The van der Waals surface area contributed by atoms with Crippen LogP contribution in [0.1, 0.15) is 74.1 Å². The van der Waals surface area contributed by atoms with Gasteiger partial charge >= 0.3 is 29.8 Å². The van der Waals surface area contributed by atoms with Crippen LogP contribution in [-0.2, 0) is 52.4 Å². The Morgan fingerprint density at radius 2 is 1.79 bits per heavy atom. The van der Waals surface area contributed by atoms with Gasteiger partial charge in [0.05, 0.1) is 12.0 Å². The molecule has 0 N–H and O–H groups in total. The van der Waals surface area contributed by atoms with Gasteiger partial charge < -0.3 is 28.4 Å². The van der Waals surface area contributed by atoms with Crippen LogP contribution in [-0.4, -0.2) is 73.6 Å². The highest BCUT2D eigenvalue weighted by Gasteiger charge is 2.77. The van der Waals surface area contributed by atoms with Gasteiger partial charge in [-0.1, -0.05) is 19.9 Å². The maximum Gasteiger partial charge on any atom is 0.333 e. The van der Waals surface area contributed by atoms with Crippen molar-refractivity contribution in [2.75, 3.05) is 19.8 Å². The summed E-state index contributed by atoms with van der Waals surface area (Å²) in [6, 6.07) is 0. The predicted molar refractivity (Wildman–Crippen MR) is 146 cm³/mol. The van der Waals surface area contributed by atoms with Crippen molar-refractivity contribution >= 4 is 29.8 Å². The summed E-state index contributed by atoms with van der Waals surface area (Å²) in [4.78, 5) is 62.2. The number of esters is 5. The number of hydrogen-bond acceptors (Lipinski definition) is 11. The van der Waals surface area contributed by atoms with E-state index in [-0.39, 0.29) is 25.6 Å². The summed E-state index contributed by atoms with van der Waals surface area (Å²) in [5.74, 6) is -3.22. The van der Waals surface area contributed by atoms with Gasteiger partial charge in [0.2, 0.25) is 0 Å². The van der Waals surface area contributed by atoms with E-state index >= 15 is 0 Å². The van der Waals surface area contributed by atoms with Crippen molar-refractivity contribution in [3.63, 3.8) is 0 Å². The summed E-state index contributed by atoms with van der Waals surface area (Å²) in [5, 5.41) is 0. The molecule has 0 aromatic carbocycles. The van der Waals surface area contributed by atoms with Crippen LogP contribution in [0.4, 0.5) is 0 Å². The molecule has 0 aromatic heterocycles. The Morgan fingerprint density at radius 1 is 1.10 bits per heavy atom. The van der Waals surface area contributed by atoms with Crippen molar-refractivity contribution in [3.05, 3.63) is 23.3 Å². The van der Waals surface area contributed by atoms with E-state index in [0.717, 1.165) is 0 Å². The molecule has 232 valence electrons. The number of hydrogen-bond donors (Lipinski definition) is 0. The Kier molecular flexibility index (Phi) is 8.92. The van der Waals surface area contributed by atoms with Crippen molar-refractivity contribution in [2.24, 2.45) is 22.7 Å². The molecule has 2 aliphatic heterocycles. The van der Waals surface area contributed by atoms with Crippen molar-refractivity contribution < 1.29 is 52.4 Å². The Hall–Kier alpha value is -3.21. The molecule has 0 radical (unpaired) electrons. The fraction of sp³-hybridized carbons (Fsp3) is 0.710. The molecule has 11 nitrogen and oxygen atoms in total. The third-order valence-electron chi connectivity index (χ3n) is 9.95. The predicted octanol–water partition coefficient (Wildman–Crippen LogP) is 3.38. The Labute approximate surface area is 246 Å². The molecular weight excluding hydrogens is 548 g/mol. The van der Waals surface area contributed by atoms with Crippen LogP contribution < -0.4 is 0 Å². The summed E-state index contributed by atoms with van der Waals surface area (Å²) in [6.45, 7) is 11.7. The first-order valence-corrected chi connectivity index (χ1v) is 14.5. The van der Waals surface area contributed by atoms with E-state index in [2.05, 4.69) is 0 Å². The first-order chi connectivity index (χ1) is 19.7. The molecule has 8 atom stereocenters. The molecule has 42 heavy (non-hydrogen) atoms. The average molecular weight is 591 g/mol. The van der Waals surface area contributed by atoms with Crippen molar-refractivity contribution in [3.8, 4) is 0 Å². The van der Waals surface area contributed by atoms with Gasteiger partial charge in [0.25, 0.3) is 0 Å². The Morgan fingerprint density at radius 3 is 2.31 bits per heavy atom. The maximum atomic E-state index is 13.2. The highest BCUT2D eigenvalue weighted by molar-refractivity contribution is 5.87. The summed E-state index contributed by atoms with van der Waals surface area (Å²) in [6.07, 6.45) is 2.45. The molecule has 0 aromatic rings. The summed E-state index contributed by atoms with van der Waals surface area (Å²) in [5.41, 5.74) is -1.64. The molecule has 2 saturated carbocycles. The van der Waals surface area contributed by atoms with Gasteiger partial charge in [-0.25, -0.2) is 9.59 Å². The second kappa shape index (κ2) is 11.8. The molecule has 1 spiro atoms. The molecule has 4 aliphatic rings. The SMILES string of the molecule is C/C=C(\C)C(=O)O[C@@H]1CCC2(CO2)[C@]2(COC(C)=O)[C@@H](OC(C)=O)C[C@@H](C)[C@](C)(C[C@H](OC(C)=O)C3=CC(=O)OC3)[C@@H]12. The normalized spacial score (nSPS) is 36.2. The van der Waals surface area contributed by atoms with E-state index in [0.29, 0.717) is 37.0 Å². The monoisotopic (exact) mass is 590 g/mol. The number of cyclic esters (lactones) is 1. The summed E-state index contributed by atoms with van der Waals surface area (Å²) in [7, 11) is 0. The lowest BCUT2D eigenvalue weighted by atomic mass is 9.42. The molecule has 2 aliphatic carbocycles. The maximum absolute atomic E-state index is 13.2. The zero-order valence-electron chi connectivity index (χ0n) is 25.5. The third-order valence-corrected chi connectivity index (χ3v) is 9.95. The lowest BCUT2D eigenvalue weighted by Gasteiger charge is -2.64. The highest BCUT2D eigenvalue weighted by Crippen LogP contribution is 2.69. The summed E-state index contributed by atoms with van der Waals surface area (Å²) >= 11 is 0. The number of epoxide rings is 1. The fourth-order valence-corrected chi connectivity index (χ4v) is 7.62. The zero-order chi connectivity index (χ0) is 31.0. The molecule has 0 amide bonds. The molecule has 1 unspecified atom stereocenters. The van der Waals surface area contributed by atoms with Crippen LogP contribution in [0.15, 0.2) is 23.3 Å². The average Bonchev–Trinajstić information content (AvgIpc) is 3.56. The molecule has 1 saturated heterocycles. The van der Waals surface area contributed by atoms with Gasteiger partial charge in [-0.05, 0) is 50.9 Å². The molecular formula is C31H42O11. The first kappa shape index (κ1) is 31.7.